The molecule has 0 N–H and O–H groups in total. The molecule has 2 aromatic rings. The van der Waals surface area contributed by atoms with Crippen LogP contribution in [0.25, 0.3) is 0 Å². The summed E-state index contributed by atoms with van der Waals surface area (Å²) in [5.41, 5.74) is 6.72. The number of nitrogens with zero attached hydrogens (tertiary/aromatic N) is 4. The van der Waals surface area contributed by atoms with Crippen molar-refractivity contribution in [3.05, 3.63) is 51.0 Å². The highest BCUT2D eigenvalue weighted by Gasteiger charge is 2.33. The number of rotatable bonds is 1. The summed E-state index contributed by atoms with van der Waals surface area (Å²) in [6, 6.07) is 10.9. The number of hydrogen-bond donors (Lipinski definition) is 0. The molecule has 26 heavy (non-hydrogen) atoms. The zero-order chi connectivity index (χ0) is 17.8. The van der Waals surface area contributed by atoms with Gasteiger partial charge in [0.25, 0.3) is 0 Å². The van der Waals surface area contributed by atoms with E-state index in [0.29, 0.717) is 0 Å². The first kappa shape index (κ1) is 16.9. The molecular formula is C20H22BrClN4. The molecule has 0 amide bonds. The molecule has 3 aliphatic heterocycles. The van der Waals surface area contributed by atoms with E-state index in [0.717, 1.165) is 50.7 Å². The van der Waals surface area contributed by atoms with E-state index < -0.39 is 0 Å². The number of piperazine rings is 1. The van der Waals surface area contributed by atoms with Gasteiger partial charge in [-0.2, -0.15) is 0 Å². The van der Waals surface area contributed by atoms with Gasteiger partial charge in [0.15, 0.2) is 0 Å². The Morgan fingerprint density at radius 2 is 1.69 bits per heavy atom. The van der Waals surface area contributed by atoms with Crippen LogP contribution in [0.4, 0.5) is 17.1 Å². The van der Waals surface area contributed by atoms with E-state index in [1.54, 1.807) is 0 Å². The van der Waals surface area contributed by atoms with Crippen molar-refractivity contribution < 1.29 is 0 Å². The highest BCUT2D eigenvalue weighted by atomic mass is 79.9. The topological polar surface area (TPSA) is 13.0 Å². The van der Waals surface area contributed by atoms with Crippen LogP contribution in [0, 0.1) is 0 Å². The molecule has 0 spiro atoms. The van der Waals surface area contributed by atoms with Gasteiger partial charge in [0.2, 0.25) is 0 Å². The SMILES string of the molecule is CN1CCN(N2Cc3cc(Br)cc4c3N(CC4)c3ccc(Cl)cc32)CC1. The van der Waals surface area contributed by atoms with Gasteiger partial charge in [0.05, 0.1) is 17.9 Å². The van der Waals surface area contributed by atoms with Crippen LogP contribution in [0.2, 0.25) is 5.02 Å². The largest absolute Gasteiger partial charge is 0.339 e. The zero-order valence-corrected chi connectivity index (χ0v) is 17.2. The summed E-state index contributed by atoms with van der Waals surface area (Å²) < 4.78 is 1.18. The fourth-order valence-electron chi connectivity index (χ4n) is 4.43. The maximum absolute atomic E-state index is 6.42. The quantitative estimate of drug-likeness (QED) is 0.665. The summed E-state index contributed by atoms with van der Waals surface area (Å²) in [4.78, 5) is 4.88. The Balaban J connectivity index is 1.66. The maximum atomic E-state index is 6.42. The molecule has 5 rings (SSSR count). The molecule has 0 radical (unpaired) electrons. The lowest BCUT2D eigenvalue weighted by atomic mass is 10.1. The van der Waals surface area contributed by atoms with E-state index in [-0.39, 0.29) is 0 Å². The zero-order valence-electron chi connectivity index (χ0n) is 14.9. The molecule has 0 aromatic heterocycles. The van der Waals surface area contributed by atoms with Gasteiger partial charge in [-0.1, -0.05) is 27.5 Å². The Morgan fingerprint density at radius 3 is 2.50 bits per heavy atom. The molecule has 2 aromatic carbocycles. The van der Waals surface area contributed by atoms with Crippen molar-refractivity contribution in [1.82, 2.24) is 9.91 Å². The number of hydrazine groups is 1. The van der Waals surface area contributed by atoms with E-state index >= 15 is 0 Å². The van der Waals surface area contributed by atoms with E-state index in [9.17, 15) is 0 Å². The van der Waals surface area contributed by atoms with Crippen molar-refractivity contribution in [2.24, 2.45) is 0 Å². The summed E-state index contributed by atoms with van der Waals surface area (Å²) >= 11 is 10.1. The van der Waals surface area contributed by atoms with Crippen LogP contribution in [0.15, 0.2) is 34.8 Å². The standard InChI is InChI=1S/C20H22BrClN4/c1-23-6-8-24(9-7-23)26-13-15-11-16(21)10-14-4-5-25(20(14)15)18-3-2-17(22)12-19(18)26/h2-3,10-12H,4-9,13H2,1H3. The summed E-state index contributed by atoms with van der Waals surface area (Å²) in [6.45, 7) is 6.18. The van der Waals surface area contributed by atoms with Crippen molar-refractivity contribution >= 4 is 44.6 Å². The average molecular weight is 434 g/mol. The van der Waals surface area contributed by atoms with Gasteiger partial charge in [0.1, 0.15) is 0 Å². The number of fused-ring (bicyclic) bond motifs is 2. The smallest absolute Gasteiger partial charge is 0.0778 e. The molecule has 6 heteroatoms. The average Bonchev–Trinajstić information content (AvgIpc) is 2.98. The number of anilines is 3. The minimum absolute atomic E-state index is 0.800. The van der Waals surface area contributed by atoms with Gasteiger partial charge in [-0.3, -0.25) is 5.01 Å². The van der Waals surface area contributed by atoms with Gasteiger partial charge < -0.3 is 9.80 Å². The van der Waals surface area contributed by atoms with E-state index in [1.807, 2.05) is 6.07 Å². The summed E-state index contributed by atoms with van der Waals surface area (Å²) in [5, 5.41) is 5.74. The van der Waals surface area contributed by atoms with Crippen LogP contribution >= 0.6 is 27.5 Å². The van der Waals surface area contributed by atoms with Crippen molar-refractivity contribution in [2.45, 2.75) is 13.0 Å². The molecule has 3 aliphatic rings. The third kappa shape index (κ3) is 2.73. The Morgan fingerprint density at radius 1 is 0.923 bits per heavy atom. The maximum Gasteiger partial charge on any atom is 0.0778 e. The Hall–Kier alpha value is -1.27. The second-order valence-electron chi connectivity index (χ2n) is 7.42. The van der Waals surface area contributed by atoms with Crippen LogP contribution in [0.5, 0.6) is 0 Å². The summed E-state index contributed by atoms with van der Waals surface area (Å²) in [5.74, 6) is 0. The second kappa shape index (κ2) is 6.41. The molecule has 1 saturated heterocycles. The first-order valence-corrected chi connectivity index (χ1v) is 10.4. The molecule has 3 heterocycles. The lowest BCUT2D eigenvalue weighted by Crippen LogP contribution is -2.52. The van der Waals surface area contributed by atoms with Crippen molar-refractivity contribution in [2.75, 3.05) is 49.7 Å². The van der Waals surface area contributed by atoms with Crippen LogP contribution in [-0.4, -0.2) is 49.7 Å². The second-order valence-corrected chi connectivity index (χ2v) is 8.77. The first-order chi connectivity index (χ1) is 12.6. The molecule has 0 saturated carbocycles. The summed E-state index contributed by atoms with van der Waals surface area (Å²) in [7, 11) is 2.20. The number of hydrogen-bond acceptors (Lipinski definition) is 4. The Kier molecular flexibility index (Phi) is 4.16. The number of likely N-dealkylation sites (N-methyl/N-ethyl adjacent to an activating group) is 1. The summed E-state index contributed by atoms with van der Waals surface area (Å²) in [6.07, 6.45) is 1.10. The van der Waals surface area contributed by atoms with E-state index in [1.165, 1.54) is 32.7 Å². The predicted molar refractivity (Wildman–Crippen MR) is 112 cm³/mol. The number of benzene rings is 2. The van der Waals surface area contributed by atoms with Gasteiger partial charge in [-0.15, -0.1) is 0 Å². The van der Waals surface area contributed by atoms with Gasteiger partial charge in [0, 0.05) is 47.9 Å². The Bertz CT molecular complexity index is 863. The van der Waals surface area contributed by atoms with Gasteiger partial charge >= 0.3 is 0 Å². The molecule has 0 bridgehead atoms. The van der Waals surface area contributed by atoms with Crippen LogP contribution in [-0.2, 0) is 13.0 Å². The van der Waals surface area contributed by atoms with Crippen molar-refractivity contribution in [3.8, 4) is 0 Å². The molecule has 0 atom stereocenters. The first-order valence-electron chi connectivity index (χ1n) is 9.19. The van der Waals surface area contributed by atoms with Crippen LogP contribution < -0.4 is 9.91 Å². The lowest BCUT2D eigenvalue weighted by molar-refractivity contribution is 0.140. The van der Waals surface area contributed by atoms with Crippen LogP contribution in [0.1, 0.15) is 11.1 Å². The Labute approximate surface area is 168 Å². The third-order valence-corrected chi connectivity index (χ3v) is 6.45. The minimum Gasteiger partial charge on any atom is -0.339 e. The highest BCUT2D eigenvalue weighted by Crippen LogP contribution is 2.47. The molecule has 0 aliphatic carbocycles. The molecule has 0 unspecified atom stereocenters. The molecule has 1 fully saturated rings. The monoisotopic (exact) mass is 432 g/mol. The normalized spacial score (nSPS) is 20.1. The molecule has 4 nitrogen and oxygen atoms in total. The van der Waals surface area contributed by atoms with Gasteiger partial charge in [-0.05, 0) is 54.9 Å². The molecular weight excluding hydrogens is 412 g/mol. The van der Waals surface area contributed by atoms with Crippen molar-refractivity contribution in [3.63, 3.8) is 0 Å². The van der Waals surface area contributed by atoms with E-state index in [2.05, 4.69) is 67.1 Å². The fourth-order valence-corrected chi connectivity index (χ4v) is 5.15. The lowest BCUT2D eigenvalue weighted by Gasteiger charge is -2.41. The fraction of sp³-hybridized carbons (Fsp3) is 0.400. The highest BCUT2D eigenvalue weighted by molar-refractivity contribution is 9.10. The van der Waals surface area contributed by atoms with E-state index in [4.69, 9.17) is 11.6 Å². The van der Waals surface area contributed by atoms with Crippen LogP contribution in [0.3, 0.4) is 0 Å². The minimum atomic E-state index is 0.800. The number of halogens is 2. The third-order valence-electron chi connectivity index (χ3n) is 5.75. The van der Waals surface area contributed by atoms with Gasteiger partial charge in [-0.25, -0.2) is 5.01 Å². The van der Waals surface area contributed by atoms with Crippen molar-refractivity contribution in [1.29, 1.82) is 0 Å². The predicted octanol–water partition coefficient (Wildman–Crippen LogP) is 4.28. The molecule has 136 valence electrons.